The molecule has 2 N–H and O–H groups in total. The Balaban J connectivity index is 1.98. The van der Waals surface area contributed by atoms with E-state index in [0.717, 1.165) is 6.42 Å². The van der Waals surface area contributed by atoms with Gasteiger partial charge in [-0.15, -0.1) is 0 Å². The van der Waals surface area contributed by atoms with Crippen molar-refractivity contribution in [3.05, 3.63) is 34.7 Å². The largest absolute Gasteiger partial charge is 0.357 e. The highest BCUT2D eigenvalue weighted by Crippen LogP contribution is 2.30. The van der Waals surface area contributed by atoms with Gasteiger partial charge in [0.05, 0.1) is 5.02 Å². The van der Waals surface area contributed by atoms with E-state index in [9.17, 15) is 14.0 Å². The average molecular weight is 324 g/mol. The van der Waals surface area contributed by atoms with Gasteiger partial charge in [-0.2, -0.15) is 0 Å². The van der Waals surface area contributed by atoms with Crippen molar-refractivity contribution in [2.45, 2.75) is 18.9 Å². The first-order valence-corrected chi connectivity index (χ1v) is 7.40. The number of hydrogen-bond donors (Lipinski definition) is 2. The van der Waals surface area contributed by atoms with Gasteiger partial charge >= 0.3 is 0 Å². The number of fused-ring (bicyclic) bond motifs is 1. The third-order valence-corrected chi connectivity index (χ3v) is 4.37. The molecule has 1 atom stereocenters. The molecule has 5 nitrogen and oxygen atoms in total. The van der Waals surface area contributed by atoms with E-state index in [-0.39, 0.29) is 22.5 Å². The molecule has 0 bridgehead atoms. The number of benzene rings is 1. The van der Waals surface area contributed by atoms with E-state index < -0.39 is 11.9 Å². The maximum atomic E-state index is 13.3. The molecule has 2 aromatic rings. The summed E-state index contributed by atoms with van der Waals surface area (Å²) in [7, 11) is 1.54. The van der Waals surface area contributed by atoms with Gasteiger partial charge in [0.1, 0.15) is 17.6 Å². The summed E-state index contributed by atoms with van der Waals surface area (Å²) in [4.78, 5) is 29.0. The second-order valence-corrected chi connectivity index (χ2v) is 5.65. The molecule has 0 saturated carbocycles. The van der Waals surface area contributed by atoms with Gasteiger partial charge in [-0.3, -0.25) is 9.59 Å². The molecule has 0 spiro atoms. The molecule has 0 radical (unpaired) electrons. The lowest BCUT2D eigenvalue weighted by Crippen LogP contribution is -2.45. The van der Waals surface area contributed by atoms with Crippen molar-refractivity contribution >= 4 is 34.3 Å². The Kier molecular flexibility index (Phi) is 3.78. The number of rotatable bonds is 2. The van der Waals surface area contributed by atoms with Crippen molar-refractivity contribution in [3.63, 3.8) is 0 Å². The molecule has 0 unspecified atom stereocenters. The first-order valence-electron chi connectivity index (χ1n) is 7.02. The predicted octanol–water partition coefficient (Wildman–Crippen LogP) is 2.31. The van der Waals surface area contributed by atoms with Crippen LogP contribution in [0.4, 0.5) is 4.39 Å². The number of amides is 2. The first-order chi connectivity index (χ1) is 10.5. The van der Waals surface area contributed by atoms with Crippen molar-refractivity contribution in [2.24, 2.45) is 0 Å². The fourth-order valence-corrected chi connectivity index (χ4v) is 3.16. The number of halogens is 2. The van der Waals surface area contributed by atoms with Crippen molar-refractivity contribution in [3.8, 4) is 0 Å². The maximum Gasteiger partial charge on any atom is 0.272 e. The molecule has 1 aliphatic rings. The smallest absolute Gasteiger partial charge is 0.272 e. The Morgan fingerprint density at radius 3 is 2.95 bits per heavy atom. The molecule has 3 rings (SSSR count). The van der Waals surface area contributed by atoms with Crippen LogP contribution in [0.3, 0.4) is 0 Å². The lowest BCUT2D eigenvalue weighted by atomic mass is 10.2. The number of H-pyrrole nitrogens is 1. The quantitative estimate of drug-likeness (QED) is 0.890. The van der Waals surface area contributed by atoms with Crippen molar-refractivity contribution < 1.29 is 14.0 Å². The summed E-state index contributed by atoms with van der Waals surface area (Å²) < 4.78 is 13.3. The van der Waals surface area contributed by atoms with Crippen LogP contribution in [0.1, 0.15) is 23.3 Å². The highest BCUT2D eigenvalue weighted by molar-refractivity contribution is 6.38. The van der Waals surface area contributed by atoms with Gasteiger partial charge in [0.15, 0.2) is 0 Å². The standard InChI is InChI=1S/C15H15ClFN3O2/c1-18-14(21)11-3-2-6-20(11)15(22)13-12(16)9-7-8(17)4-5-10(9)19-13/h4-5,7,11,19H,2-3,6H2,1H3,(H,18,21)/t11-/m1/s1. The third kappa shape index (κ3) is 2.33. The second kappa shape index (κ2) is 5.61. The number of aromatic nitrogens is 1. The van der Waals surface area contributed by atoms with Crippen LogP contribution in [0.15, 0.2) is 18.2 Å². The number of nitrogens with zero attached hydrogens (tertiary/aromatic N) is 1. The van der Waals surface area contributed by atoms with E-state index in [1.54, 1.807) is 7.05 Å². The minimum atomic E-state index is -0.489. The molecular formula is C15H15ClFN3O2. The van der Waals surface area contributed by atoms with E-state index >= 15 is 0 Å². The van der Waals surface area contributed by atoms with Crippen LogP contribution in [-0.4, -0.2) is 41.3 Å². The van der Waals surface area contributed by atoms with Crippen LogP contribution in [0.2, 0.25) is 5.02 Å². The summed E-state index contributed by atoms with van der Waals surface area (Å²) in [6, 6.07) is 3.63. The number of likely N-dealkylation sites (tertiary alicyclic amines) is 1. The number of hydrogen-bond acceptors (Lipinski definition) is 2. The third-order valence-electron chi connectivity index (χ3n) is 3.97. The SMILES string of the molecule is CNC(=O)[C@H]1CCCN1C(=O)c1[nH]c2ccc(F)cc2c1Cl. The van der Waals surface area contributed by atoms with E-state index in [2.05, 4.69) is 10.3 Å². The topological polar surface area (TPSA) is 65.2 Å². The molecule has 116 valence electrons. The highest BCUT2D eigenvalue weighted by Gasteiger charge is 2.35. The Hall–Kier alpha value is -2.08. The van der Waals surface area contributed by atoms with Gasteiger partial charge in [-0.25, -0.2) is 4.39 Å². The normalized spacial score (nSPS) is 18.0. The number of aromatic amines is 1. The zero-order valence-corrected chi connectivity index (χ0v) is 12.7. The van der Waals surface area contributed by atoms with Gasteiger partial charge < -0.3 is 15.2 Å². The molecule has 2 amide bonds. The van der Waals surface area contributed by atoms with Gasteiger partial charge in [0.2, 0.25) is 5.91 Å². The van der Waals surface area contributed by atoms with Gasteiger partial charge in [-0.05, 0) is 31.0 Å². The minimum absolute atomic E-state index is 0.182. The lowest BCUT2D eigenvalue weighted by Gasteiger charge is -2.22. The van der Waals surface area contributed by atoms with Crippen LogP contribution < -0.4 is 5.32 Å². The van der Waals surface area contributed by atoms with E-state index in [1.807, 2.05) is 0 Å². The zero-order valence-electron chi connectivity index (χ0n) is 12.0. The van der Waals surface area contributed by atoms with Crippen LogP contribution in [-0.2, 0) is 4.79 Å². The van der Waals surface area contributed by atoms with Gasteiger partial charge in [0, 0.05) is 24.5 Å². The zero-order chi connectivity index (χ0) is 15.9. The van der Waals surface area contributed by atoms with E-state index in [4.69, 9.17) is 11.6 Å². The van der Waals surface area contributed by atoms with Crippen LogP contribution in [0, 0.1) is 5.82 Å². The van der Waals surface area contributed by atoms with Gasteiger partial charge in [0.25, 0.3) is 5.91 Å². The Morgan fingerprint density at radius 2 is 2.23 bits per heavy atom. The highest BCUT2D eigenvalue weighted by atomic mass is 35.5. The molecule has 1 saturated heterocycles. The summed E-state index contributed by atoms with van der Waals surface area (Å²) >= 11 is 6.22. The van der Waals surface area contributed by atoms with Gasteiger partial charge in [-0.1, -0.05) is 11.6 Å². The predicted molar refractivity (Wildman–Crippen MR) is 81.4 cm³/mol. The van der Waals surface area contributed by atoms with Crippen molar-refractivity contribution in [1.82, 2.24) is 15.2 Å². The van der Waals surface area contributed by atoms with Crippen molar-refractivity contribution in [2.75, 3.05) is 13.6 Å². The summed E-state index contributed by atoms with van der Waals surface area (Å²) in [5.74, 6) is -0.950. The summed E-state index contributed by atoms with van der Waals surface area (Å²) in [5.41, 5.74) is 0.781. The number of likely N-dealkylation sites (N-methyl/N-ethyl adjacent to an activating group) is 1. The molecular weight excluding hydrogens is 309 g/mol. The molecule has 2 heterocycles. The number of carbonyl (C=O) groups excluding carboxylic acids is 2. The fraction of sp³-hybridized carbons (Fsp3) is 0.333. The average Bonchev–Trinajstić information content (AvgIpc) is 3.11. The summed E-state index contributed by atoms with van der Waals surface area (Å²) in [5, 5.41) is 3.21. The summed E-state index contributed by atoms with van der Waals surface area (Å²) in [6.07, 6.45) is 1.38. The fourth-order valence-electron chi connectivity index (χ4n) is 2.87. The Morgan fingerprint density at radius 1 is 1.45 bits per heavy atom. The van der Waals surface area contributed by atoms with Crippen LogP contribution in [0.25, 0.3) is 10.9 Å². The Bertz CT molecular complexity index is 759. The number of carbonyl (C=O) groups is 2. The van der Waals surface area contributed by atoms with Crippen molar-refractivity contribution in [1.29, 1.82) is 0 Å². The molecule has 22 heavy (non-hydrogen) atoms. The first kappa shape index (κ1) is 14.8. The Labute approximate surface area is 131 Å². The molecule has 1 fully saturated rings. The lowest BCUT2D eigenvalue weighted by molar-refractivity contribution is -0.124. The molecule has 1 aromatic heterocycles. The molecule has 1 aliphatic heterocycles. The molecule has 1 aromatic carbocycles. The second-order valence-electron chi connectivity index (χ2n) is 5.27. The maximum absolute atomic E-state index is 13.3. The minimum Gasteiger partial charge on any atom is -0.357 e. The molecule has 0 aliphatic carbocycles. The molecule has 7 heteroatoms. The van der Waals surface area contributed by atoms with Crippen LogP contribution in [0.5, 0.6) is 0 Å². The summed E-state index contributed by atoms with van der Waals surface area (Å²) in [6.45, 7) is 0.497. The monoisotopic (exact) mass is 323 g/mol. The van der Waals surface area contributed by atoms with Crippen LogP contribution >= 0.6 is 11.6 Å². The van der Waals surface area contributed by atoms with E-state index in [1.165, 1.54) is 23.1 Å². The van der Waals surface area contributed by atoms with E-state index in [0.29, 0.717) is 23.9 Å². The number of nitrogens with one attached hydrogen (secondary N) is 2.